The highest BCUT2D eigenvalue weighted by molar-refractivity contribution is 7.80. The van der Waals surface area contributed by atoms with E-state index in [0.717, 1.165) is 16.8 Å². The fourth-order valence-corrected chi connectivity index (χ4v) is 3.77. The van der Waals surface area contributed by atoms with E-state index in [9.17, 15) is 9.59 Å². The van der Waals surface area contributed by atoms with Crippen molar-refractivity contribution in [3.05, 3.63) is 77.0 Å². The van der Waals surface area contributed by atoms with Crippen LogP contribution in [0.25, 0.3) is 0 Å². The third-order valence-electron chi connectivity index (χ3n) is 5.33. The molecular weight excluding hydrogens is 422 g/mol. The molecule has 2 N–H and O–H groups in total. The summed E-state index contributed by atoms with van der Waals surface area (Å²) in [5.41, 5.74) is 3.97. The minimum Gasteiger partial charge on any atom is -0.459 e. The number of allylic oxidation sites excluding steroid dienone is 1. The lowest BCUT2D eigenvalue weighted by molar-refractivity contribution is -0.143. The van der Waals surface area contributed by atoms with Gasteiger partial charge in [0, 0.05) is 24.9 Å². The Balaban J connectivity index is 1.72. The van der Waals surface area contributed by atoms with Crippen LogP contribution in [0.5, 0.6) is 0 Å². The molecule has 2 aromatic carbocycles. The van der Waals surface area contributed by atoms with Gasteiger partial charge in [0.25, 0.3) is 0 Å². The third kappa shape index (κ3) is 5.73. The van der Waals surface area contributed by atoms with Gasteiger partial charge < -0.3 is 20.3 Å². The van der Waals surface area contributed by atoms with Crippen LogP contribution in [-0.4, -0.2) is 35.0 Å². The van der Waals surface area contributed by atoms with Gasteiger partial charge in [-0.25, -0.2) is 4.79 Å². The molecule has 168 valence electrons. The first-order valence-electron chi connectivity index (χ1n) is 10.7. The number of aryl methyl sites for hydroxylation is 1. The fraction of sp³-hybridized carbons (Fsp3) is 0.320. The van der Waals surface area contributed by atoms with Gasteiger partial charge >= 0.3 is 5.97 Å². The Kier molecular flexibility index (Phi) is 7.64. The minimum atomic E-state index is -0.423. The van der Waals surface area contributed by atoms with Crippen molar-refractivity contribution in [1.29, 1.82) is 0 Å². The highest BCUT2D eigenvalue weighted by Crippen LogP contribution is 2.31. The number of rotatable bonds is 7. The fourth-order valence-electron chi connectivity index (χ4n) is 3.51. The monoisotopic (exact) mass is 451 g/mol. The van der Waals surface area contributed by atoms with Crippen LogP contribution >= 0.6 is 12.2 Å². The summed E-state index contributed by atoms with van der Waals surface area (Å²) < 4.78 is 5.47. The van der Waals surface area contributed by atoms with Gasteiger partial charge in [-0.1, -0.05) is 42.5 Å². The zero-order valence-corrected chi connectivity index (χ0v) is 19.7. The quantitative estimate of drug-likeness (QED) is 0.482. The van der Waals surface area contributed by atoms with Crippen molar-refractivity contribution < 1.29 is 14.3 Å². The molecule has 1 aliphatic rings. The molecule has 0 spiro atoms. The van der Waals surface area contributed by atoms with Crippen molar-refractivity contribution in [2.24, 2.45) is 0 Å². The predicted molar refractivity (Wildman–Crippen MR) is 130 cm³/mol. The van der Waals surface area contributed by atoms with E-state index in [1.165, 1.54) is 0 Å². The highest BCUT2D eigenvalue weighted by Gasteiger charge is 2.33. The van der Waals surface area contributed by atoms with E-state index in [1.807, 2.05) is 82.4 Å². The molecule has 2 aromatic rings. The molecule has 0 bridgehead atoms. The normalized spacial score (nSPS) is 16.1. The van der Waals surface area contributed by atoms with Crippen LogP contribution in [-0.2, 0) is 20.7 Å². The standard InChI is InChI=1S/C25H29N3O3S/c1-16(2)31-24(30)22-17(3)28(4)25(32)27-23(22)19-11-13-20(14-12-19)26-21(29)15-10-18-8-6-5-7-9-18/h5-9,11-14,16,23H,10,15H2,1-4H3,(H,26,29)(H,27,32)/t23-/m1/s1. The van der Waals surface area contributed by atoms with Crippen molar-refractivity contribution in [2.45, 2.75) is 45.8 Å². The lowest BCUT2D eigenvalue weighted by Gasteiger charge is -2.35. The Morgan fingerprint density at radius 3 is 2.41 bits per heavy atom. The summed E-state index contributed by atoms with van der Waals surface area (Å²) in [6, 6.07) is 16.9. The van der Waals surface area contributed by atoms with E-state index < -0.39 is 6.04 Å². The molecule has 1 aliphatic heterocycles. The minimum absolute atomic E-state index is 0.0443. The van der Waals surface area contributed by atoms with Crippen molar-refractivity contribution in [3.8, 4) is 0 Å². The second kappa shape index (κ2) is 10.4. The summed E-state index contributed by atoms with van der Waals surface area (Å²) in [5, 5.41) is 6.69. The van der Waals surface area contributed by atoms with E-state index in [-0.39, 0.29) is 18.0 Å². The molecule has 3 rings (SSSR count). The van der Waals surface area contributed by atoms with Crippen molar-refractivity contribution >= 4 is 34.9 Å². The van der Waals surface area contributed by atoms with Gasteiger partial charge in [-0.05, 0) is 62.7 Å². The Labute approximate surface area is 194 Å². The van der Waals surface area contributed by atoms with Crippen LogP contribution < -0.4 is 10.6 Å². The van der Waals surface area contributed by atoms with E-state index in [0.29, 0.717) is 29.2 Å². The number of hydrogen-bond donors (Lipinski definition) is 2. The van der Waals surface area contributed by atoms with Gasteiger partial charge in [-0.2, -0.15) is 0 Å². The molecule has 0 unspecified atom stereocenters. The van der Waals surface area contributed by atoms with Crippen LogP contribution in [0.3, 0.4) is 0 Å². The molecule has 32 heavy (non-hydrogen) atoms. The second-order valence-corrected chi connectivity index (χ2v) is 8.44. The number of esters is 1. The Morgan fingerprint density at radius 2 is 1.78 bits per heavy atom. The van der Waals surface area contributed by atoms with Gasteiger partial charge in [0.2, 0.25) is 5.91 Å². The number of nitrogens with zero attached hydrogens (tertiary/aromatic N) is 1. The lowest BCUT2D eigenvalue weighted by Crippen LogP contribution is -2.46. The first-order valence-corrected chi connectivity index (χ1v) is 11.1. The molecule has 1 amide bonds. The van der Waals surface area contributed by atoms with Crippen molar-refractivity contribution in [3.63, 3.8) is 0 Å². The molecule has 1 atom stereocenters. The number of thiocarbonyl (C=S) groups is 1. The average molecular weight is 452 g/mol. The number of nitrogens with one attached hydrogen (secondary N) is 2. The molecule has 6 nitrogen and oxygen atoms in total. The SMILES string of the molecule is CC1=C(C(=O)OC(C)C)[C@@H](c2ccc(NC(=O)CCc3ccccc3)cc2)NC(=S)N1C. The maximum Gasteiger partial charge on any atom is 0.338 e. The van der Waals surface area contributed by atoms with E-state index in [4.69, 9.17) is 17.0 Å². The summed E-state index contributed by atoms with van der Waals surface area (Å²) in [7, 11) is 1.82. The van der Waals surface area contributed by atoms with Gasteiger partial charge in [0.1, 0.15) is 0 Å². The highest BCUT2D eigenvalue weighted by atomic mass is 32.1. The first kappa shape index (κ1) is 23.5. The molecule has 0 saturated carbocycles. The van der Waals surface area contributed by atoms with Gasteiger partial charge in [-0.15, -0.1) is 0 Å². The van der Waals surface area contributed by atoms with Gasteiger partial charge in [-0.3, -0.25) is 4.79 Å². The van der Waals surface area contributed by atoms with Crippen LogP contribution in [0.15, 0.2) is 65.9 Å². The van der Waals surface area contributed by atoms with Crippen LogP contribution in [0, 0.1) is 0 Å². The van der Waals surface area contributed by atoms with Gasteiger partial charge in [0.15, 0.2) is 5.11 Å². The zero-order chi connectivity index (χ0) is 23.3. The number of carbonyl (C=O) groups excluding carboxylic acids is 2. The third-order valence-corrected chi connectivity index (χ3v) is 5.72. The molecule has 0 aliphatic carbocycles. The zero-order valence-electron chi connectivity index (χ0n) is 18.8. The Morgan fingerprint density at radius 1 is 1.12 bits per heavy atom. The van der Waals surface area contributed by atoms with Crippen molar-refractivity contribution in [1.82, 2.24) is 10.2 Å². The number of benzene rings is 2. The molecule has 0 aromatic heterocycles. The smallest absolute Gasteiger partial charge is 0.338 e. The summed E-state index contributed by atoms with van der Waals surface area (Å²) in [6.45, 7) is 5.50. The second-order valence-electron chi connectivity index (χ2n) is 8.05. The molecule has 0 fully saturated rings. The number of hydrogen-bond acceptors (Lipinski definition) is 4. The summed E-state index contributed by atoms with van der Waals surface area (Å²) in [5.74, 6) is -0.417. The lowest BCUT2D eigenvalue weighted by atomic mass is 9.95. The summed E-state index contributed by atoms with van der Waals surface area (Å²) in [6.07, 6.45) is 0.868. The van der Waals surface area contributed by atoms with Crippen molar-refractivity contribution in [2.75, 3.05) is 12.4 Å². The van der Waals surface area contributed by atoms with Crippen LogP contribution in [0.2, 0.25) is 0 Å². The summed E-state index contributed by atoms with van der Waals surface area (Å²) in [4.78, 5) is 26.9. The number of ether oxygens (including phenoxy) is 1. The Bertz CT molecular complexity index is 1020. The van der Waals surface area contributed by atoms with Gasteiger partial charge in [0.05, 0.1) is 17.7 Å². The number of carbonyl (C=O) groups is 2. The average Bonchev–Trinajstić information content (AvgIpc) is 2.76. The first-order chi connectivity index (χ1) is 15.3. The summed E-state index contributed by atoms with van der Waals surface area (Å²) >= 11 is 5.43. The van der Waals surface area contributed by atoms with E-state index in [1.54, 1.807) is 4.90 Å². The molecule has 7 heteroatoms. The Hall–Kier alpha value is -3.19. The molecule has 1 heterocycles. The maximum atomic E-state index is 12.8. The van der Waals surface area contributed by atoms with Crippen LogP contribution in [0.1, 0.15) is 44.4 Å². The van der Waals surface area contributed by atoms with E-state index in [2.05, 4.69) is 10.6 Å². The van der Waals surface area contributed by atoms with Crippen LogP contribution in [0.4, 0.5) is 5.69 Å². The molecular formula is C25H29N3O3S. The predicted octanol–water partition coefficient (Wildman–Crippen LogP) is 4.34. The molecule has 0 radical (unpaired) electrons. The maximum absolute atomic E-state index is 12.8. The largest absolute Gasteiger partial charge is 0.459 e. The topological polar surface area (TPSA) is 70.7 Å². The van der Waals surface area contributed by atoms with E-state index >= 15 is 0 Å². The number of anilines is 1. The molecule has 0 saturated heterocycles. The number of amides is 1.